The van der Waals surface area contributed by atoms with E-state index in [9.17, 15) is 18.0 Å². The van der Waals surface area contributed by atoms with Crippen LogP contribution in [0, 0.1) is 0 Å². The average Bonchev–Trinajstić information content (AvgIpc) is 3.57. The van der Waals surface area contributed by atoms with Gasteiger partial charge in [-0.15, -0.1) is 0 Å². The fourth-order valence-electron chi connectivity index (χ4n) is 4.66. The predicted octanol–water partition coefficient (Wildman–Crippen LogP) is 5.80. The van der Waals surface area contributed by atoms with Gasteiger partial charge in [0.1, 0.15) is 5.75 Å². The largest absolute Gasteiger partial charge is 0.495 e. The van der Waals surface area contributed by atoms with E-state index >= 15 is 0 Å². The number of aliphatic carboxylic acids is 1. The third-order valence-electron chi connectivity index (χ3n) is 6.97. The zero-order valence-electron chi connectivity index (χ0n) is 25.5. The van der Waals surface area contributed by atoms with E-state index in [2.05, 4.69) is 30.6 Å². The second kappa shape index (κ2) is 15.1. The lowest BCUT2D eigenvalue weighted by atomic mass is 10.1. The predicted molar refractivity (Wildman–Crippen MR) is 172 cm³/mol. The molecule has 1 aliphatic heterocycles. The topological polar surface area (TPSA) is 144 Å². The Bertz CT molecular complexity index is 1860. The number of amides is 1. The van der Waals surface area contributed by atoms with Crippen LogP contribution in [0.4, 0.5) is 36.2 Å². The molecule has 12 nitrogen and oxygen atoms in total. The van der Waals surface area contributed by atoms with Gasteiger partial charge in [-0.25, -0.2) is 19.4 Å². The molecule has 0 radical (unpaired) electrons. The number of carboxylic acids is 1. The molecule has 0 spiro atoms. The molecule has 0 saturated carbocycles. The Labute approximate surface area is 272 Å². The molecule has 2 aromatic heterocycles. The van der Waals surface area contributed by atoms with E-state index in [0.717, 1.165) is 41.4 Å². The highest BCUT2D eigenvalue weighted by Gasteiger charge is 2.38. The molecule has 3 N–H and O–H groups in total. The number of ether oxygens (including phenoxy) is 2. The normalized spacial score (nSPS) is 12.8. The number of benzene rings is 3. The second-order valence-electron chi connectivity index (χ2n) is 10.2. The number of hydrogen-bond acceptors (Lipinski definition) is 9. The van der Waals surface area contributed by atoms with Gasteiger partial charge in [-0.1, -0.05) is 36.4 Å². The summed E-state index contributed by atoms with van der Waals surface area (Å²) in [6.45, 7) is 2.96. The highest BCUT2D eigenvalue weighted by atomic mass is 19.4. The van der Waals surface area contributed by atoms with Crippen molar-refractivity contribution < 1.29 is 37.3 Å². The van der Waals surface area contributed by atoms with Crippen molar-refractivity contribution >= 4 is 34.9 Å². The zero-order valence-corrected chi connectivity index (χ0v) is 25.5. The third kappa shape index (κ3) is 8.64. The van der Waals surface area contributed by atoms with Gasteiger partial charge in [-0.3, -0.25) is 4.79 Å². The van der Waals surface area contributed by atoms with E-state index in [1.807, 2.05) is 72.9 Å². The number of nitrogens with one attached hydrogen (secondary N) is 2. The smallest absolute Gasteiger partial charge is 0.490 e. The van der Waals surface area contributed by atoms with Crippen molar-refractivity contribution in [1.82, 2.24) is 19.7 Å². The van der Waals surface area contributed by atoms with Crippen LogP contribution in [0.5, 0.6) is 5.75 Å². The standard InChI is InChI=1S/C31H29N7O3.C2HF3O2/c1-40-29-19-24(10-11-28(29)37-14-16-41-17-15-37)34-30(39)23-8-5-9-26(18-23)38-21-25(20-33-38)35-31-32-13-12-27(36-31)22-6-3-2-4-7-22;3-2(4,5)1(6)7/h2-13,18-21H,14-17H2,1H3,(H,34,39)(H,32,35,36);(H,6,7). The van der Waals surface area contributed by atoms with Gasteiger partial charge < -0.3 is 30.1 Å². The summed E-state index contributed by atoms with van der Waals surface area (Å²) in [5.74, 6) is -1.82. The number of rotatable bonds is 8. The summed E-state index contributed by atoms with van der Waals surface area (Å²) in [4.78, 5) is 33.2. The van der Waals surface area contributed by atoms with Crippen LogP contribution in [0.15, 0.2) is 97.5 Å². The maximum atomic E-state index is 13.1. The molecule has 3 aromatic carbocycles. The Morgan fingerprint density at radius 2 is 1.71 bits per heavy atom. The summed E-state index contributed by atoms with van der Waals surface area (Å²) in [7, 11) is 1.63. The van der Waals surface area contributed by atoms with Crippen LogP contribution in [0.2, 0.25) is 0 Å². The lowest BCUT2D eigenvalue weighted by Crippen LogP contribution is -2.36. The van der Waals surface area contributed by atoms with E-state index in [-0.39, 0.29) is 5.91 Å². The first-order valence-electron chi connectivity index (χ1n) is 14.5. The van der Waals surface area contributed by atoms with Crippen LogP contribution in [0.25, 0.3) is 16.9 Å². The van der Waals surface area contributed by atoms with Gasteiger partial charge in [-0.2, -0.15) is 18.3 Å². The molecule has 5 aromatic rings. The quantitative estimate of drug-likeness (QED) is 0.187. The number of carboxylic acid groups (broad SMARTS) is 1. The summed E-state index contributed by atoms with van der Waals surface area (Å²) in [6.07, 6.45) is 0.147. The van der Waals surface area contributed by atoms with Gasteiger partial charge in [0.05, 0.1) is 55.5 Å². The number of nitrogens with zero attached hydrogens (tertiary/aromatic N) is 5. The fraction of sp³-hybridized carbons (Fsp3) is 0.182. The van der Waals surface area contributed by atoms with Crippen molar-refractivity contribution in [3.8, 4) is 22.7 Å². The summed E-state index contributed by atoms with van der Waals surface area (Å²) in [5, 5.41) is 17.8. The van der Waals surface area contributed by atoms with Crippen molar-refractivity contribution in [2.45, 2.75) is 6.18 Å². The van der Waals surface area contributed by atoms with Crippen LogP contribution >= 0.6 is 0 Å². The van der Waals surface area contributed by atoms with Crippen LogP contribution < -0.4 is 20.3 Å². The Balaban J connectivity index is 0.000000582. The van der Waals surface area contributed by atoms with Gasteiger partial charge in [0.25, 0.3) is 5.91 Å². The summed E-state index contributed by atoms with van der Waals surface area (Å²) < 4.78 is 44.5. The minimum absolute atomic E-state index is 0.232. The van der Waals surface area contributed by atoms with Crippen LogP contribution in [0.3, 0.4) is 0 Å². The SMILES string of the molecule is COc1cc(NC(=O)c2cccc(-n3cc(Nc4nccc(-c5ccccc5)n4)cn3)c2)ccc1N1CCOCC1.O=C(O)C(F)(F)F. The maximum absolute atomic E-state index is 13.1. The number of aromatic nitrogens is 4. The van der Waals surface area contributed by atoms with Crippen molar-refractivity contribution in [2.24, 2.45) is 0 Å². The molecule has 0 unspecified atom stereocenters. The minimum Gasteiger partial charge on any atom is -0.495 e. The fourth-order valence-corrected chi connectivity index (χ4v) is 4.66. The van der Waals surface area contributed by atoms with E-state index in [4.69, 9.17) is 19.4 Å². The van der Waals surface area contributed by atoms with Gasteiger partial charge in [0, 0.05) is 42.2 Å². The number of carbonyl (C=O) groups excluding carboxylic acids is 1. The van der Waals surface area contributed by atoms with Crippen molar-refractivity contribution in [3.05, 3.63) is 103 Å². The van der Waals surface area contributed by atoms with Gasteiger partial charge in [0.2, 0.25) is 5.95 Å². The third-order valence-corrected chi connectivity index (χ3v) is 6.97. The molecule has 15 heteroatoms. The molecule has 1 saturated heterocycles. The summed E-state index contributed by atoms with van der Waals surface area (Å²) in [5.41, 5.74) is 5.43. The first kappa shape index (κ1) is 33.4. The molecule has 1 fully saturated rings. The number of anilines is 4. The zero-order chi connectivity index (χ0) is 34.1. The molecule has 48 heavy (non-hydrogen) atoms. The number of hydrogen-bond donors (Lipinski definition) is 3. The molecular weight excluding hydrogens is 631 g/mol. The Kier molecular flexibility index (Phi) is 10.5. The molecule has 1 amide bonds. The molecule has 0 aliphatic carbocycles. The maximum Gasteiger partial charge on any atom is 0.490 e. The lowest BCUT2D eigenvalue weighted by Gasteiger charge is -2.30. The van der Waals surface area contributed by atoms with Crippen LogP contribution in [-0.4, -0.2) is 76.3 Å². The van der Waals surface area contributed by atoms with E-state index in [1.165, 1.54) is 0 Å². The van der Waals surface area contributed by atoms with Gasteiger partial charge in [-0.05, 0) is 36.4 Å². The monoisotopic (exact) mass is 661 g/mol. The average molecular weight is 662 g/mol. The van der Waals surface area contributed by atoms with Crippen molar-refractivity contribution in [2.75, 3.05) is 48.9 Å². The number of alkyl halides is 3. The number of methoxy groups -OCH3 is 1. The van der Waals surface area contributed by atoms with E-state index in [0.29, 0.717) is 36.2 Å². The van der Waals surface area contributed by atoms with Crippen molar-refractivity contribution in [3.63, 3.8) is 0 Å². The molecular formula is C33H30F3N7O5. The molecule has 248 valence electrons. The summed E-state index contributed by atoms with van der Waals surface area (Å²) >= 11 is 0. The van der Waals surface area contributed by atoms with Crippen LogP contribution in [-0.2, 0) is 9.53 Å². The molecule has 3 heterocycles. The molecule has 0 atom stereocenters. The summed E-state index contributed by atoms with van der Waals surface area (Å²) in [6, 6.07) is 24.8. The Hall–Kier alpha value is -5.96. The van der Waals surface area contributed by atoms with Crippen molar-refractivity contribution in [1.29, 1.82) is 0 Å². The van der Waals surface area contributed by atoms with Crippen LogP contribution in [0.1, 0.15) is 10.4 Å². The first-order valence-corrected chi connectivity index (χ1v) is 14.5. The second-order valence-corrected chi connectivity index (χ2v) is 10.2. The highest BCUT2D eigenvalue weighted by Crippen LogP contribution is 2.32. The Morgan fingerprint density at radius 3 is 2.42 bits per heavy atom. The van der Waals surface area contributed by atoms with E-state index < -0.39 is 12.1 Å². The Morgan fingerprint density at radius 1 is 0.958 bits per heavy atom. The molecule has 6 rings (SSSR count). The number of morpholine rings is 1. The molecule has 1 aliphatic rings. The van der Waals surface area contributed by atoms with E-state index in [1.54, 1.807) is 36.3 Å². The van der Waals surface area contributed by atoms with Gasteiger partial charge in [0.15, 0.2) is 0 Å². The lowest BCUT2D eigenvalue weighted by molar-refractivity contribution is -0.192. The minimum atomic E-state index is -5.08. The number of halogens is 3. The molecule has 0 bridgehead atoms. The highest BCUT2D eigenvalue weighted by molar-refractivity contribution is 6.04. The van der Waals surface area contributed by atoms with Gasteiger partial charge >= 0.3 is 12.1 Å². The first-order chi connectivity index (χ1) is 23.1. The number of carbonyl (C=O) groups is 2.